The number of carbonyl (C=O) groups excluding carboxylic acids is 3. The third-order valence-electron chi connectivity index (χ3n) is 6.66. The standard InChI is InChI=1S/C33H20O3/c34-31(24-17-15-22(16-18-24)21-9-3-1-4-10-21)29-25(23-11-5-2-6-12-23)19-20-28-30(29)33(36)27-14-8-7-13-26(27)32(28)35/h1-20H. The van der Waals surface area contributed by atoms with Crippen LogP contribution in [-0.2, 0) is 0 Å². The van der Waals surface area contributed by atoms with E-state index in [2.05, 4.69) is 0 Å². The molecule has 0 fully saturated rings. The summed E-state index contributed by atoms with van der Waals surface area (Å²) in [5.41, 5.74) is 5.34. The van der Waals surface area contributed by atoms with E-state index in [4.69, 9.17) is 0 Å². The lowest BCUT2D eigenvalue weighted by atomic mass is 9.78. The first-order valence-corrected chi connectivity index (χ1v) is 11.7. The smallest absolute Gasteiger partial charge is 0.195 e. The Hall–Kier alpha value is -4.89. The first kappa shape index (κ1) is 21.6. The normalized spacial score (nSPS) is 12.1. The molecule has 36 heavy (non-hydrogen) atoms. The molecule has 0 spiro atoms. The predicted molar refractivity (Wildman–Crippen MR) is 140 cm³/mol. The highest BCUT2D eigenvalue weighted by Crippen LogP contribution is 2.36. The van der Waals surface area contributed by atoms with E-state index < -0.39 is 0 Å². The molecule has 3 nitrogen and oxygen atoms in total. The molecule has 0 heterocycles. The van der Waals surface area contributed by atoms with Gasteiger partial charge >= 0.3 is 0 Å². The van der Waals surface area contributed by atoms with Gasteiger partial charge in [0.2, 0.25) is 0 Å². The zero-order chi connectivity index (χ0) is 24.6. The molecule has 0 aromatic heterocycles. The number of ketones is 3. The molecule has 170 valence electrons. The summed E-state index contributed by atoms with van der Waals surface area (Å²) in [6, 6.07) is 37.0. The average Bonchev–Trinajstić information content (AvgIpc) is 2.96. The molecule has 6 rings (SSSR count). The van der Waals surface area contributed by atoms with Crippen molar-refractivity contribution >= 4 is 17.3 Å². The van der Waals surface area contributed by atoms with E-state index in [1.165, 1.54) is 0 Å². The summed E-state index contributed by atoms with van der Waals surface area (Å²) in [4.78, 5) is 41.1. The quantitative estimate of drug-likeness (QED) is 0.263. The minimum absolute atomic E-state index is 0.178. The van der Waals surface area contributed by atoms with Crippen LogP contribution in [0.2, 0.25) is 0 Å². The lowest BCUT2D eigenvalue weighted by Crippen LogP contribution is -2.24. The maximum atomic E-state index is 14.1. The van der Waals surface area contributed by atoms with Gasteiger partial charge in [0.15, 0.2) is 17.3 Å². The van der Waals surface area contributed by atoms with E-state index >= 15 is 0 Å². The predicted octanol–water partition coefficient (Wildman–Crippen LogP) is 7.03. The van der Waals surface area contributed by atoms with Crippen LogP contribution in [-0.4, -0.2) is 17.3 Å². The molecule has 0 bridgehead atoms. The summed E-state index contributed by atoms with van der Waals surface area (Å²) in [6.45, 7) is 0. The number of hydrogen-bond donors (Lipinski definition) is 0. The minimum atomic E-state index is -0.303. The fraction of sp³-hybridized carbons (Fsp3) is 0. The number of rotatable bonds is 4. The maximum Gasteiger partial charge on any atom is 0.195 e. The monoisotopic (exact) mass is 464 g/mol. The zero-order valence-electron chi connectivity index (χ0n) is 19.3. The van der Waals surface area contributed by atoms with E-state index in [1.54, 1.807) is 48.5 Å². The fourth-order valence-corrected chi connectivity index (χ4v) is 4.87. The molecular formula is C33H20O3. The molecule has 0 N–H and O–H groups in total. The van der Waals surface area contributed by atoms with Crippen molar-refractivity contribution in [2.24, 2.45) is 0 Å². The van der Waals surface area contributed by atoms with Gasteiger partial charge < -0.3 is 0 Å². The number of carbonyl (C=O) groups is 3. The van der Waals surface area contributed by atoms with Crippen molar-refractivity contribution < 1.29 is 14.4 Å². The van der Waals surface area contributed by atoms with Crippen molar-refractivity contribution in [1.82, 2.24) is 0 Å². The van der Waals surface area contributed by atoms with Gasteiger partial charge in [-0.3, -0.25) is 14.4 Å². The molecule has 0 saturated carbocycles. The van der Waals surface area contributed by atoms with Crippen LogP contribution in [0.3, 0.4) is 0 Å². The van der Waals surface area contributed by atoms with Crippen molar-refractivity contribution in [1.29, 1.82) is 0 Å². The van der Waals surface area contributed by atoms with Gasteiger partial charge in [-0.15, -0.1) is 0 Å². The summed E-state index contributed by atoms with van der Waals surface area (Å²) >= 11 is 0. The first-order chi connectivity index (χ1) is 17.6. The summed E-state index contributed by atoms with van der Waals surface area (Å²) in [5.74, 6) is -0.832. The second-order valence-corrected chi connectivity index (χ2v) is 8.75. The van der Waals surface area contributed by atoms with Gasteiger partial charge in [0.1, 0.15) is 0 Å². The third-order valence-corrected chi connectivity index (χ3v) is 6.66. The van der Waals surface area contributed by atoms with E-state index in [1.807, 2.05) is 72.8 Å². The van der Waals surface area contributed by atoms with E-state index in [0.29, 0.717) is 22.3 Å². The van der Waals surface area contributed by atoms with Gasteiger partial charge in [0.05, 0.1) is 0 Å². The molecule has 0 atom stereocenters. The first-order valence-electron chi connectivity index (χ1n) is 11.7. The zero-order valence-corrected chi connectivity index (χ0v) is 19.3. The second kappa shape index (κ2) is 8.71. The van der Waals surface area contributed by atoms with Gasteiger partial charge in [-0.2, -0.15) is 0 Å². The van der Waals surface area contributed by atoms with E-state index in [0.717, 1.165) is 16.7 Å². The Bertz CT molecular complexity index is 1650. The van der Waals surface area contributed by atoms with E-state index in [-0.39, 0.29) is 34.0 Å². The molecule has 1 aliphatic carbocycles. The van der Waals surface area contributed by atoms with Crippen LogP contribution >= 0.6 is 0 Å². The molecule has 0 amide bonds. The van der Waals surface area contributed by atoms with Crippen molar-refractivity contribution in [3.63, 3.8) is 0 Å². The summed E-state index contributed by atoms with van der Waals surface area (Å²) < 4.78 is 0. The van der Waals surface area contributed by atoms with Crippen LogP contribution in [0.25, 0.3) is 22.3 Å². The van der Waals surface area contributed by atoms with E-state index in [9.17, 15) is 14.4 Å². The molecule has 0 radical (unpaired) electrons. The minimum Gasteiger partial charge on any atom is -0.289 e. The number of hydrogen-bond acceptors (Lipinski definition) is 3. The Kier molecular flexibility index (Phi) is 5.24. The van der Waals surface area contributed by atoms with Crippen molar-refractivity contribution in [3.8, 4) is 22.3 Å². The largest absolute Gasteiger partial charge is 0.289 e. The van der Waals surface area contributed by atoms with Crippen molar-refractivity contribution in [3.05, 3.63) is 155 Å². The third kappa shape index (κ3) is 3.50. The fourth-order valence-electron chi connectivity index (χ4n) is 4.87. The highest BCUT2D eigenvalue weighted by molar-refractivity contribution is 6.33. The molecule has 0 aliphatic heterocycles. The van der Waals surface area contributed by atoms with Crippen LogP contribution in [0, 0.1) is 0 Å². The highest BCUT2D eigenvalue weighted by atomic mass is 16.1. The Morgan fingerprint density at radius 3 is 1.56 bits per heavy atom. The molecule has 5 aromatic rings. The van der Waals surface area contributed by atoms with Gasteiger partial charge in [-0.1, -0.05) is 115 Å². The molecule has 1 aliphatic rings. The summed E-state index contributed by atoms with van der Waals surface area (Å²) in [7, 11) is 0. The van der Waals surface area contributed by atoms with Crippen LogP contribution in [0.1, 0.15) is 47.8 Å². The SMILES string of the molecule is O=C1c2ccccc2C(=O)c2c1ccc(-c1ccccc1)c2C(=O)c1ccc(-c2ccccc2)cc1. The Labute approximate surface area is 208 Å². The average molecular weight is 465 g/mol. The van der Waals surface area contributed by atoms with Crippen LogP contribution in [0.4, 0.5) is 0 Å². The Morgan fingerprint density at radius 1 is 0.417 bits per heavy atom. The summed E-state index contributed by atoms with van der Waals surface area (Å²) in [5, 5.41) is 0. The lowest BCUT2D eigenvalue weighted by molar-refractivity contribution is 0.0971. The topological polar surface area (TPSA) is 51.2 Å². The van der Waals surface area contributed by atoms with Gasteiger partial charge in [-0.25, -0.2) is 0 Å². The lowest BCUT2D eigenvalue weighted by Gasteiger charge is -2.22. The van der Waals surface area contributed by atoms with Gasteiger partial charge in [-0.05, 0) is 28.3 Å². The molecule has 3 heteroatoms. The summed E-state index contributed by atoms with van der Waals surface area (Å²) in [6.07, 6.45) is 0. The number of benzene rings is 5. The van der Waals surface area contributed by atoms with Gasteiger partial charge in [0, 0.05) is 33.4 Å². The second-order valence-electron chi connectivity index (χ2n) is 8.75. The molecule has 0 saturated heterocycles. The molecule has 0 unspecified atom stereocenters. The van der Waals surface area contributed by atoms with Crippen LogP contribution < -0.4 is 0 Å². The highest BCUT2D eigenvalue weighted by Gasteiger charge is 2.35. The number of fused-ring (bicyclic) bond motifs is 2. The van der Waals surface area contributed by atoms with Crippen molar-refractivity contribution in [2.45, 2.75) is 0 Å². The molecule has 5 aromatic carbocycles. The molecular weight excluding hydrogens is 444 g/mol. The maximum absolute atomic E-state index is 14.1. The Balaban J connectivity index is 1.54. The van der Waals surface area contributed by atoms with Gasteiger partial charge in [0.25, 0.3) is 0 Å². The van der Waals surface area contributed by atoms with Crippen molar-refractivity contribution in [2.75, 3.05) is 0 Å². The Morgan fingerprint density at radius 2 is 0.917 bits per heavy atom. The van der Waals surface area contributed by atoms with Crippen LogP contribution in [0.15, 0.2) is 121 Å². The van der Waals surface area contributed by atoms with Crippen LogP contribution in [0.5, 0.6) is 0 Å².